The second-order valence-electron chi connectivity index (χ2n) is 4.92. The Morgan fingerprint density at radius 1 is 0.955 bits per heavy atom. The summed E-state index contributed by atoms with van der Waals surface area (Å²) in [5.41, 5.74) is 2.11. The summed E-state index contributed by atoms with van der Waals surface area (Å²) in [5.74, 6) is 0. The highest BCUT2D eigenvalue weighted by atomic mass is 32.1. The maximum Gasteiger partial charge on any atom is 0.418 e. The molecule has 0 unspecified atom stereocenters. The Bertz CT molecular complexity index is 696. The zero-order valence-corrected chi connectivity index (χ0v) is 12.9. The summed E-state index contributed by atoms with van der Waals surface area (Å²) in [5, 5.41) is 5.60. The first kappa shape index (κ1) is 16.3. The number of thiocarbonyl (C=S) groups is 1. The van der Waals surface area contributed by atoms with Gasteiger partial charge in [0.25, 0.3) is 0 Å². The van der Waals surface area contributed by atoms with Crippen molar-refractivity contribution in [3.63, 3.8) is 0 Å². The van der Waals surface area contributed by atoms with E-state index in [1.54, 1.807) is 0 Å². The van der Waals surface area contributed by atoms with Crippen LogP contribution in [0.2, 0.25) is 0 Å². The molecule has 0 aliphatic rings. The molecule has 2 nitrogen and oxygen atoms in total. The number of nitrogens with one attached hydrogen (secondary N) is 2. The van der Waals surface area contributed by atoms with E-state index in [0.29, 0.717) is 0 Å². The van der Waals surface area contributed by atoms with Gasteiger partial charge in [0, 0.05) is 5.69 Å². The van der Waals surface area contributed by atoms with E-state index in [2.05, 4.69) is 10.6 Å². The molecule has 0 aliphatic carbocycles. The fourth-order valence-corrected chi connectivity index (χ4v) is 2.17. The van der Waals surface area contributed by atoms with E-state index in [9.17, 15) is 13.2 Å². The molecule has 2 aromatic carbocycles. The van der Waals surface area contributed by atoms with Gasteiger partial charge in [0.15, 0.2) is 5.11 Å². The van der Waals surface area contributed by atoms with E-state index >= 15 is 0 Å². The Balaban J connectivity index is 2.14. The van der Waals surface area contributed by atoms with Crippen molar-refractivity contribution in [2.45, 2.75) is 20.0 Å². The van der Waals surface area contributed by atoms with Crippen molar-refractivity contribution in [3.8, 4) is 0 Å². The average molecular weight is 324 g/mol. The van der Waals surface area contributed by atoms with Gasteiger partial charge in [-0.15, -0.1) is 0 Å². The molecule has 2 rings (SSSR count). The van der Waals surface area contributed by atoms with Crippen LogP contribution < -0.4 is 10.6 Å². The first-order valence-corrected chi connectivity index (χ1v) is 6.99. The summed E-state index contributed by atoms with van der Waals surface area (Å²) in [4.78, 5) is 0. The third kappa shape index (κ3) is 3.98. The van der Waals surface area contributed by atoms with Crippen molar-refractivity contribution in [2.24, 2.45) is 0 Å². The molecule has 116 valence electrons. The fourth-order valence-electron chi connectivity index (χ4n) is 1.94. The van der Waals surface area contributed by atoms with Gasteiger partial charge in [-0.3, -0.25) is 0 Å². The summed E-state index contributed by atoms with van der Waals surface area (Å²) in [6.45, 7) is 3.94. The predicted molar refractivity (Wildman–Crippen MR) is 87.2 cm³/mol. The Hall–Kier alpha value is -2.08. The molecule has 2 aromatic rings. The van der Waals surface area contributed by atoms with Crippen molar-refractivity contribution in [3.05, 3.63) is 59.2 Å². The number of benzene rings is 2. The van der Waals surface area contributed by atoms with Gasteiger partial charge in [0.1, 0.15) is 0 Å². The first-order chi connectivity index (χ1) is 10.3. The normalized spacial score (nSPS) is 11.1. The SMILES string of the molecule is Cc1ccc(NC(=S)Nc2ccccc2C(F)(F)F)cc1C. The molecule has 0 heterocycles. The Kier molecular flexibility index (Phi) is 4.71. The number of alkyl halides is 3. The number of halogens is 3. The van der Waals surface area contributed by atoms with E-state index in [1.165, 1.54) is 18.2 Å². The van der Waals surface area contributed by atoms with Crippen molar-refractivity contribution in [2.75, 3.05) is 10.6 Å². The summed E-state index contributed by atoms with van der Waals surface area (Å²) in [6.07, 6.45) is -4.43. The zero-order valence-electron chi connectivity index (χ0n) is 12.1. The van der Waals surface area contributed by atoms with Crippen molar-refractivity contribution < 1.29 is 13.2 Å². The summed E-state index contributed by atoms with van der Waals surface area (Å²) >= 11 is 5.09. The van der Waals surface area contributed by atoms with Crippen LogP contribution in [0.3, 0.4) is 0 Å². The quantitative estimate of drug-likeness (QED) is 0.749. The highest BCUT2D eigenvalue weighted by Gasteiger charge is 2.33. The number of hydrogen-bond donors (Lipinski definition) is 2. The molecule has 0 fully saturated rings. The highest BCUT2D eigenvalue weighted by Crippen LogP contribution is 2.34. The van der Waals surface area contributed by atoms with Crippen LogP contribution in [0.25, 0.3) is 0 Å². The predicted octanol–water partition coefficient (Wildman–Crippen LogP) is 5.13. The van der Waals surface area contributed by atoms with Crippen molar-refractivity contribution in [1.29, 1.82) is 0 Å². The molecule has 0 spiro atoms. The summed E-state index contributed by atoms with van der Waals surface area (Å²) in [7, 11) is 0. The number of rotatable bonds is 2. The Labute approximate surface area is 132 Å². The molecule has 0 amide bonds. The number of hydrogen-bond acceptors (Lipinski definition) is 1. The summed E-state index contributed by atoms with van der Waals surface area (Å²) < 4.78 is 38.8. The lowest BCUT2D eigenvalue weighted by molar-refractivity contribution is -0.136. The lowest BCUT2D eigenvalue weighted by Gasteiger charge is -2.16. The van der Waals surface area contributed by atoms with Crippen LogP contribution in [-0.4, -0.2) is 5.11 Å². The molecular formula is C16H15F3N2S. The second-order valence-corrected chi connectivity index (χ2v) is 5.33. The zero-order chi connectivity index (χ0) is 16.3. The molecular weight excluding hydrogens is 309 g/mol. The molecule has 2 N–H and O–H groups in total. The smallest absolute Gasteiger partial charge is 0.332 e. The lowest BCUT2D eigenvalue weighted by atomic mass is 10.1. The van der Waals surface area contributed by atoms with Crippen LogP contribution in [0.15, 0.2) is 42.5 Å². The van der Waals surface area contributed by atoms with Gasteiger partial charge in [-0.1, -0.05) is 18.2 Å². The van der Waals surface area contributed by atoms with Crippen LogP contribution in [0.1, 0.15) is 16.7 Å². The minimum Gasteiger partial charge on any atom is -0.332 e. The molecule has 6 heteroatoms. The van der Waals surface area contributed by atoms with Crippen LogP contribution in [0, 0.1) is 13.8 Å². The molecule has 0 saturated carbocycles. The van der Waals surface area contributed by atoms with Crippen molar-refractivity contribution >= 4 is 28.7 Å². The Morgan fingerprint density at radius 2 is 1.64 bits per heavy atom. The van der Waals surface area contributed by atoms with Crippen LogP contribution in [0.5, 0.6) is 0 Å². The second kappa shape index (κ2) is 6.36. The minimum absolute atomic E-state index is 0.0728. The number of aryl methyl sites for hydroxylation is 2. The third-order valence-electron chi connectivity index (χ3n) is 3.25. The van der Waals surface area contributed by atoms with Crippen LogP contribution >= 0.6 is 12.2 Å². The number of para-hydroxylation sites is 1. The standard InChI is InChI=1S/C16H15F3N2S/c1-10-7-8-12(9-11(10)2)20-15(22)21-14-6-4-3-5-13(14)16(17,18)19/h3-9H,1-2H3,(H2,20,21,22). The molecule has 0 saturated heterocycles. The van der Waals surface area contributed by atoms with E-state index in [0.717, 1.165) is 22.9 Å². The molecule has 22 heavy (non-hydrogen) atoms. The fraction of sp³-hybridized carbons (Fsp3) is 0.188. The monoisotopic (exact) mass is 324 g/mol. The van der Waals surface area contributed by atoms with E-state index in [1.807, 2.05) is 32.0 Å². The molecule has 0 bridgehead atoms. The topological polar surface area (TPSA) is 24.1 Å². The molecule has 0 aromatic heterocycles. The third-order valence-corrected chi connectivity index (χ3v) is 3.45. The highest BCUT2D eigenvalue weighted by molar-refractivity contribution is 7.80. The van der Waals surface area contributed by atoms with Crippen LogP contribution in [-0.2, 0) is 6.18 Å². The maximum atomic E-state index is 12.9. The van der Waals surface area contributed by atoms with Gasteiger partial charge in [-0.2, -0.15) is 13.2 Å². The average Bonchev–Trinajstić information content (AvgIpc) is 2.42. The molecule has 0 aliphatic heterocycles. The van der Waals surface area contributed by atoms with Crippen LogP contribution in [0.4, 0.5) is 24.5 Å². The molecule has 0 radical (unpaired) electrons. The van der Waals surface area contributed by atoms with Crippen molar-refractivity contribution in [1.82, 2.24) is 0 Å². The van der Waals surface area contributed by atoms with E-state index in [-0.39, 0.29) is 10.8 Å². The van der Waals surface area contributed by atoms with E-state index in [4.69, 9.17) is 12.2 Å². The molecule has 0 atom stereocenters. The summed E-state index contributed by atoms with van der Waals surface area (Å²) in [6, 6.07) is 10.9. The Morgan fingerprint density at radius 3 is 2.27 bits per heavy atom. The van der Waals surface area contributed by atoms with Gasteiger partial charge in [0.2, 0.25) is 0 Å². The van der Waals surface area contributed by atoms with Gasteiger partial charge < -0.3 is 10.6 Å². The largest absolute Gasteiger partial charge is 0.418 e. The van der Waals surface area contributed by atoms with Gasteiger partial charge >= 0.3 is 6.18 Å². The minimum atomic E-state index is -4.43. The maximum absolute atomic E-state index is 12.9. The number of anilines is 2. The van der Waals surface area contributed by atoms with E-state index < -0.39 is 11.7 Å². The lowest BCUT2D eigenvalue weighted by Crippen LogP contribution is -2.21. The van der Waals surface area contributed by atoms with Gasteiger partial charge in [0.05, 0.1) is 11.3 Å². The van der Waals surface area contributed by atoms with Gasteiger partial charge in [-0.05, 0) is 61.5 Å². The van der Waals surface area contributed by atoms with Gasteiger partial charge in [-0.25, -0.2) is 0 Å². The first-order valence-electron chi connectivity index (χ1n) is 6.59.